The molecule has 2 nitrogen and oxygen atoms in total. The monoisotopic (exact) mass is 343 g/mol. The van der Waals surface area contributed by atoms with Gasteiger partial charge in [0.2, 0.25) is 0 Å². The summed E-state index contributed by atoms with van der Waals surface area (Å²) in [6, 6.07) is 0. The second-order valence-corrected chi connectivity index (χ2v) is 9.17. The van der Waals surface area contributed by atoms with E-state index < -0.39 is 0 Å². The molecule has 0 heterocycles. The predicted octanol–water partition coefficient (Wildman–Crippen LogP) is 5.29. The summed E-state index contributed by atoms with van der Waals surface area (Å²) in [6.45, 7) is 4.79. The zero-order chi connectivity index (χ0) is 17.9. The van der Waals surface area contributed by atoms with Crippen LogP contribution in [0.25, 0.3) is 0 Å². The Kier molecular flexibility index (Phi) is 5.90. The normalized spacial score (nSPS) is 38.6. The highest BCUT2D eigenvalue weighted by Gasteiger charge is 2.44. The highest BCUT2D eigenvalue weighted by atomic mass is 16.3. The minimum absolute atomic E-state index is 0.129. The van der Waals surface area contributed by atoms with Crippen LogP contribution >= 0.6 is 0 Å². The Balaban J connectivity index is 1.61. The molecule has 3 N–H and O–H groups in total. The number of nitrogens with two attached hydrogens (primary N) is 1. The number of hydrogen-bond donors (Lipinski definition) is 2. The van der Waals surface area contributed by atoms with Crippen LogP contribution in [0.15, 0.2) is 35.5 Å². The average molecular weight is 344 g/mol. The van der Waals surface area contributed by atoms with Crippen LogP contribution in [-0.4, -0.2) is 17.3 Å². The molecule has 0 aromatic rings. The molecule has 0 aromatic carbocycles. The van der Waals surface area contributed by atoms with E-state index in [4.69, 9.17) is 5.73 Å². The van der Waals surface area contributed by atoms with Crippen LogP contribution in [0.5, 0.6) is 0 Å². The molecule has 3 rings (SSSR count). The molecular weight excluding hydrogens is 306 g/mol. The fourth-order valence-corrected chi connectivity index (χ4v) is 5.17. The van der Waals surface area contributed by atoms with Crippen molar-refractivity contribution in [2.24, 2.45) is 23.0 Å². The molecule has 0 amide bonds. The topological polar surface area (TPSA) is 46.2 Å². The number of hydrogen-bond acceptors (Lipinski definition) is 2. The van der Waals surface area contributed by atoms with E-state index in [9.17, 15) is 5.11 Å². The number of aliphatic hydroxyl groups excluding tert-OH is 1. The fraction of sp³-hybridized carbons (Fsp3) is 0.739. The second-order valence-electron chi connectivity index (χ2n) is 9.17. The number of fused-ring (bicyclic) bond motifs is 1. The van der Waals surface area contributed by atoms with Crippen LogP contribution < -0.4 is 5.73 Å². The van der Waals surface area contributed by atoms with Gasteiger partial charge in [-0.2, -0.15) is 0 Å². The first kappa shape index (κ1) is 18.9. The standard InChI is InChI=1S/C23H37NO/c1-3-4-5-6-7-18-8-9-20-15-22(2,12-10-19(20)14-18)21-11-13-23(24,16-21)17-25/h5-6,10,15,18,21,25H,3-4,7-9,11-14,16-17,24H2,1-2H3/b6-5-/t18-,21-,22?,23+/m0/s1. The van der Waals surface area contributed by atoms with Crippen LogP contribution in [-0.2, 0) is 0 Å². The van der Waals surface area contributed by atoms with E-state index in [0.717, 1.165) is 31.6 Å². The Morgan fingerprint density at radius 1 is 1.28 bits per heavy atom. The van der Waals surface area contributed by atoms with Crippen molar-refractivity contribution in [1.82, 2.24) is 0 Å². The Morgan fingerprint density at radius 2 is 2.12 bits per heavy atom. The summed E-state index contributed by atoms with van der Waals surface area (Å²) >= 11 is 0. The van der Waals surface area contributed by atoms with E-state index in [1.54, 1.807) is 11.1 Å². The van der Waals surface area contributed by atoms with Crippen LogP contribution in [0, 0.1) is 17.3 Å². The van der Waals surface area contributed by atoms with Gasteiger partial charge in [-0.1, -0.05) is 44.6 Å². The number of aliphatic hydroxyl groups is 1. The summed E-state index contributed by atoms with van der Waals surface area (Å²) in [5.74, 6) is 1.45. The fourth-order valence-electron chi connectivity index (χ4n) is 5.17. The maximum atomic E-state index is 9.59. The zero-order valence-corrected chi connectivity index (χ0v) is 16.3. The zero-order valence-electron chi connectivity index (χ0n) is 16.3. The van der Waals surface area contributed by atoms with Crippen molar-refractivity contribution in [3.63, 3.8) is 0 Å². The molecule has 0 aliphatic heterocycles. The van der Waals surface area contributed by atoms with Crippen molar-refractivity contribution in [1.29, 1.82) is 0 Å². The van der Waals surface area contributed by atoms with Gasteiger partial charge in [0.05, 0.1) is 6.61 Å². The SMILES string of the molecule is CCC/C=C\C[C@H]1CCC2=CC(C)([C@H]3CC[C@](N)(CO)C3)CC=C2C1. The third-order valence-electron chi connectivity index (χ3n) is 7.02. The van der Waals surface area contributed by atoms with E-state index in [1.165, 1.54) is 38.5 Å². The third-order valence-corrected chi connectivity index (χ3v) is 7.02. The molecule has 0 spiro atoms. The predicted molar refractivity (Wildman–Crippen MR) is 106 cm³/mol. The summed E-state index contributed by atoms with van der Waals surface area (Å²) in [5, 5.41) is 9.59. The van der Waals surface area contributed by atoms with E-state index >= 15 is 0 Å². The summed E-state index contributed by atoms with van der Waals surface area (Å²) in [4.78, 5) is 0. The molecule has 0 aromatic heterocycles. The highest BCUT2D eigenvalue weighted by molar-refractivity contribution is 5.39. The lowest BCUT2D eigenvalue weighted by molar-refractivity contribution is 0.179. The van der Waals surface area contributed by atoms with Crippen molar-refractivity contribution >= 4 is 0 Å². The van der Waals surface area contributed by atoms with Gasteiger partial charge in [-0.25, -0.2) is 0 Å². The van der Waals surface area contributed by atoms with E-state index in [0.29, 0.717) is 5.92 Å². The first-order valence-corrected chi connectivity index (χ1v) is 10.4. The molecule has 2 heteroatoms. The van der Waals surface area contributed by atoms with Gasteiger partial charge in [-0.3, -0.25) is 0 Å². The molecule has 2 fully saturated rings. The minimum Gasteiger partial charge on any atom is -0.394 e. The van der Waals surface area contributed by atoms with Gasteiger partial charge >= 0.3 is 0 Å². The van der Waals surface area contributed by atoms with Gasteiger partial charge in [0, 0.05) is 5.54 Å². The van der Waals surface area contributed by atoms with Gasteiger partial charge in [0.25, 0.3) is 0 Å². The van der Waals surface area contributed by atoms with Crippen LogP contribution in [0.4, 0.5) is 0 Å². The van der Waals surface area contributed by atoms with Gasteiger partial charge < -0.3 is 10.8 Å². The van der Waals surface area contributed by atoms with Crippen LogP contribution in [0.3, 0.4) is 0 Å². The lowest BCUT2D eigenvalue weighted by Crippen LogP contribution is -2.42. The van der Waals surface area contributed by atoms with Crippen molar-refractivity contribution in [3.05, 3.63) is 35.5 Å². The lowest BCUT2D eigenvalue weighted by Gasteiger charge is -2.39. The Bertz CT molecular complexity index is 560. The number of unbranched alkanes of at least 4 members (excludes halogenated alkanes) is 1. The second kappa shape index (κ2) is 7.80. The van der Waals surface area contributed by atoms with Crippen molar-refractivity contribution in [3.8, 4) is 0 Å². The Morgan fingerprint density at radius 3 is 2.84 bits per heavy atom. The Labute approximate surface area is 154 Å². The minimum atomic E-state index is -0.335. The molecule has 0 saturated heterocycles. The molecule has 3 aliphatic rings. The van der Waals surface area contributed by atoms with Crippen molar-refractivity contribution < 1.29 is 5.11 Å². The molecule has 3 aliphatic carbocycles. The smallest absolute Gasteiger partial charge is 0.0611 e. The maximum Gasteiger partial charge on any atom is 0.0611 e. The quantitative estimate of drug-likeness (QED) is 0.644. The third kappa shape index (κ3) is 4.28. The van der Waals surface area contributed by atoms with E-state index in [1.807, 2.05) is 0 Å². The molecule has 0 bridgehead atoms. The summed E-state index contributed by atoms with van der Waals surface area (Å²) in [5.41, 5.74) is 9.48. The summed E-state index contributed by atoms with van der Waals surface area (Å²) < 4.78 is 0. The summed E-state index contributed by atoms with van der Waals surface area (Å²) in [6.07, 6.45) is 21.7. The van der Waals surface area contributed by atoms with Crippen LogP contribution in [0.1, 0.15) is 78.1 Å². The average Bonchev–Trinajstić information content (AvgIpc) is 3.03. The van der Waals surface area contributed by atoms with E-state index in [-0.39, 0.29) is 17.6 Å². The van der Waals surface area contributed by atoms with Crippen molar-refractivity contribution in [2.45, 2.75) is 83.6 Å². The van der Waals surface area contributed by atoms with Gasteiger partial charge in [-0.05, 0) is 86.2 Å². The van der Waals surface area contributed by atoms with Gasteiger partial charge in [-0.15, -0.1) is 0 Å². The first-order valence-electron chi connectivity index (χ1n) is 10.4. The Hall–Kier alpha value is -0.860. The van der Waals surface area contributed by atoms with Gasteiger partial charge in [0.1, 0.15) is 0 Å². The first-order chi connectivity index (χ1) is 12.0. The van der Waals surface area contributed by atoms with E-state index in [2.05, 4.69) is 38.2 Å². The molecule has 0 radical (unpaired) electrons. The summed E-state index contributed by atoms with van der Waals surface area (Å²) in [7, 11) is 0. The molecule has 4 atom stereocenters. The van der Waals surface area contributed by atoms with Crippen molar-refractivity contribution in [2.75, 3.05) is 6.61 Å². The number of rotatable bonds is 6. The molecule has 25 heavy (non-hydrogen) atoms. The molecular formula is C23H37NO. The highest BCUT2D eigenvalue weighted by Crippen LogP contribution is 2.51. The number of allylic oxidation sites excluding steroid dienone is 6. The molecule has 1 unspecified atom stereocenters. The molecule has 2 saturated carbocycles. The van der Waals surface area contributed by atoms with Crippen LogP contribution in [0.2, 0.25) is 0 Å². The van der Waals surface area contributed by atoms with Gasteiger partial charge in [0.15, 0.2) is 0 Å². The maximum absolute atomic E-state index is 9.59. The molecule has 140 valence electrons. The largest absolute Gasteiger partial charge is 0.394 e. The lowest BCUT2D eigenvalue weighted by atomic mass is 9.66.